The Balaban J connectivity index is 2.44. The first-order valence-electron chi connectivity index (χ1n) is 4.01. The third-order valence-electron chi connectivity index (χ3n) is 1.61. The summed E-state index contributed by atoms with van der Waals surface area (Å²) in [6, 6.07) is 8.00. The van der Waals surface area contributed by atoms with Crippen molar-refractivity contribution in [1.82, 2.24) is 0 Å². The molecule has 0 radical (unpaired) electrons. The molecule has 0 atom stereocenters. The van der Waals surface area contributed by atoms with Crippen molar-refractivity contribution < 1.29 is 9.53 Å². The van der Waals surface area contributed by atoms with Gasteiger partial charge in [0.15, 0.2) is 0 Å². The molecule has 1 aromatic carbocycles. The number of hydrogen-bond donors (Lipinski definition) is 0. The molecule has 0 amide bonds. The van der Waals surface area contributed by atoms with Gasteiger partial charge in [0.05, 0.1) is 0 Å². The Morgan fingerprint density at radius 3 is 2.62 bits per heavy atom. The molecule has 70 valence electrons. The van der Waals surface area contributed by atoms with E-state index in [1.54, 1.807) is 7.11 Å². The van der Waals surface area contributed by atoms with E-state index in [4.69, 9.17) is 4.74 Å². The van der Waals surface area contributed by atoms with Gasteiger partial charge in [0.2, 0.25) is 0 Å². The molecule has 0 heterocycles. The van der Waals surface area contributed by atoms with Gasteiger partial charge in [0.25, 0.3) is 0 Å². The molecule has 0 saturated heterocycles. The van der Waals surface area contributed by atoms with Gasteiger partial charge in [-0.3, -0.25) is 0 Å². The molecular weight excluding hydrogens is 231 g/mol. The molecule has 1 rings (SSSR count). The van der Waals surface area contributed by atoms with Gasteiger partial charge >= 0.3 is 84.1 Å². The average Bonchev–Trinajstić information content (AvgIpc) is 2.19. The van der Waals surface area contributed by atoms with Crippen LogP contribution in [0.3, 0.4) is 0 Å². The molecule has 3 heteroatoms. The van der Waals surface area contributed by atoms with Crippen molar-refractivity contribution in [3.63, 3.8) is 0 Å². The van der Waals surface area contributed by atoms with Gasteiger partial charge in [-0.25, -0.2) is 0 Å². The van der Waals surface area contributed by atoms with Crippen LogP contribution in [-0.2, 0) is 10.1 Å². The number of ether oxygens (including phenoxy) is 1. The second kappa shape index (κ2) is 5.79. The van der Waals surface area contributed by atoms with Crippen LogP contribution in [0.25, 0.3) is 0 Å². The summed E-state index contributed by atoms with van der Waals surface area (Å²) in [6.07, 6.45) is 0.990. The van der Waals surface area contributed by atoms with Crippen LogP contribution in [0.15, 0.2) is 24.3 Å². The Kier molecular flexibility index (Phi) is 4.58. The molecule has 0 spiro atoms. The summed E-state index contributed by atoms with van der Waals surface area (Å²) in [5.41, 5.74) is 1.28. The molecule has 0 aliphatic heterocycles. The van der Waals surface area contributed by atoms with Crippen molar-refractivity contribution >= 4 is 21.2 Å². The van der Waals surface area contributed by atoms with E-state index in [2.05, 4.69) is 0 Å². The van der Waals surface area contributed by atoms with Crippen molar-refractivity contribution in [1.29, 1.82) is 0 Å². The number of benzene rings is 1. The molecule has 13 heavy (non-hydrogen) atoms. The molecule has 0 N–H and O–H groups in total. The van der Waals surface area contributed by atoms with Crippen molar-refractivity contribution in [3.8, 4) is 5.75 Å². The molecule has 0 aromatic heterocycles. The standard InChI is InChI=1S/C10H12O2Se/c1-12-10-4-2-9(3-5-10)8-13-7-6-11/h2-6H,7-8H2,1H3. The van der Waals surface area contributed by atoms with Crippen LogP contribution in [0.2, 0.25) is 5.32 Å². The van der Waals surface area contributed by atoms with E-state index in [1.165, 1.54) is 5.56 Å². The maximum absolute atomic E-state index is 10.1. The number of rotatable bonds is 5. The maximum atomic E-state index is 10.1. The second-order valence-corrected chi connectivity index (χ2v) is 4.69. The molecule has 0 saturated carbocycles. The summed E-state index contributed by atoms with van der Waals surface area (Å²) in [7, 11) is 1.66. The zero-order valence-corrected chi connectivity index (χ0v) is 9.24. The van der Waals surface area contributed by atoms with E-state index in [0.29, 0.717) is 20.3 Å². The summed E-state index contributed by atoms with van der Waals surface area (Å²) in [6.45, 7) is 0. The first-order chi connectivity index (χ1) is 6.36. The molecule has 1 aromatic rings. The Morgan fingerprint density at radius 2 is 2.08 bits per heavy atom. The monoisotopic (exact) mass is 244 g/mol. The van der Waals surface area contributed by atoms with E-state index in [1.807, 2.05) is 24.3 Å². The van der Waals surface area contributed by atoms with Gasteiger partial charge in [0.1, 0.15) is 0 Å². The number of hydrogen-bond acceptors (Lipinski definition) is 2. The number of methoxy groups -OCH3 is 1. The summed E-state index contributed by atoms with van der Waals surface area (Å²) >= 11 is 0.413. The van der Waals surface area contributed by atoms with Gasteiger partial charge < -0.3 is 0 Å². The Labute approximate surface area is 84.4 Å². The predicted molar refractivity (Wildman–Crippen MR) is 53.3 cm³/mol. The van der Waals surface area contributed by atoms with Crippen molar-refractivity contribution in [3.05, 3.63) is 29.8 Å². The van der Waals surface area contributed by atoms with Gasteiger partial charge in [0, 0.05) is 0 Å². The fourth-order valence-corrected chi connectivity index (χ4v) is 2.29. The van der Waals surface area contributed by atoms with Crippen molar-refractivity contribution in [2.75, 3.05) is 7.11 Å². The van der Waals surface area contributed by atoms with Crippen molar-refractivity contribution in [2.45, 2.75) is 10.6 Å². The molecule has 0 unspecified atom stereocenters. The van der Waals surface area contributed by atoms with Gasteiger partial charge in [-0.05, 0) is 0 Å². The summed E-state index contributed by atoms with van der Waals surface area (Å²) in [4.78, 5) is 10.1. The van der Waals surface area contributed by atoms with E-state index >= 15 is 0 Å². The van der Waals surface area contributed by atoms with E-state index in [0.717, 1.165) is 17.4 Å². The minimum atomic E-state index is 0.413. The first-order valence-corrected chi connectivity index (χ1v) is 6.43. The quantitative estimate of drug-likeness (QED) is 0.445. The Hall–Kier alpha value is -0.791. The topological polar surface area (TPSA) is 26.3 Å². The fraction of sp³-hybridized carbons (Fsp3) is 0.300. The zero-order chi connectivity index (χ0) is 9.52. The average molecular weight is 243 g/mol. The summed E-state index contributed by atoms with van der Waals surface area (Å²) in [5, 5.41) is 1.73. The molecule has 0 bridgehead atoms. The minimum absolute atomic E-state index is 0.413. The third-order valence-corrected chi connectivity index (χ3v) is 3.52. The zero-order valence-electron chi connectivity index (χ0n) is 7.53. The third kappa shape index (κ3) is 3.62. The van der Waals surface area contributed by atoms with Gasteiger partial charge in [-0.2, -0.15) is 0 Å². The summed E-state index contributed by atoms with van der Waals surface area (Å²) in [5.74, 6) is 0.881. The number of aldehydes is 1. The Morgan fingerprint density at radius 1 is 1.38 bits per heavy atom. The number of carbonyl (C=O) groups is 1. The molecule has 0 aliphatic carbocycles. The van der Waals surface area contributed by atoms with Gasteiger partial charge in [-0.15, -0.1) is 0 Å². The van der Waals surface area contributed by atoms with Gasteiger partial charge in [-0.1, -0.05) is 0 Å². The van der Waals surface area contributed by atoms with Crippen LogP contribution in [0.4, 0.5) is 0 Å². The predicted octanol–water partition coefficient (Wildman–Crippen LogP) is 1.52. The second-order valence-electron chi connectivity index (χ2n) is 2.53. The van der Waals surface area contributed by atoms with E-state index < -0.39 is 0 Å². The van der Waals surface area contributed by atoms with E-state index in [-0.39, 0.29) is 0 Å². The number of carbonyl (C=O) groups excluding carboxylic acids is 1. The normalized spacial score (nSPS) is 9.62. The van der Waals surface area contributed by atoms with Crippen LogP contribution in [0.1, 0.15) is 5.56 Å². The van der Waals surface area contributed by atoms with Crippen LogP contribution in [-0.4, -0.2) is 28.4 Å². The van der Waals surface area contributed by atoms with Crippen LogP contribution in [0.5, 0.6) is 5.75 Å². The summed E-state index contributed by atoms with van der Waals surface area (Å²) < 4.78 is 5.04. The fourth-order valence-electron chi connectivity index (χ4n) is 0.947. The van der Waals surface area contributed by atoms with Crippen LogP contribution >= 0.6 is 0 Å². The SMILES string of the molecule is COc1ccc(C[Se]CC=O)cc1. The Bertz CT molecular complexity index is 256. The van der Waals surface area contributed by atoms with Crippen LogP contribution in [0, 0.1) is 0 Å². The van der Waals surface area contributed by atoms with E-state index in [9.17, 15) is 4.79 Å². The van der Waals surface area contributed by atoms with Crippen molar-refractivity contribution in [2.24, 2.45) is 0 Å². The first kappa shape index (κ1) is 10.3. The molecule has 0 aliphatic rings. The molecular formula is C10H12O2Se. The van der Waals surface area contributed by atoms with Crippen LogP contribution < -0.4 is 4.74 Å². The molecule has 0 fully saturated rings. The molecule has 2 nitrogen and oxygen atoms in total.